The van der Waals surface area contributed by atoms with Crippen molar-refractivity contribution in [3.05, 3.63) is 32.6 Å². The summed E-state index contributed by atoms with van der Waals surface area (Å²) in [4.78, 5) is 39.5. The van der Waals surface area contributed by atoms with Crippen molar-refractivity contribution in [2.24, 2.45) is 7.05 Å². The molecule has 1 atom stereocenters. The van der Waals surface area contributed by atoms with Crippen LogP contribution in [-0.4, -0.2) is 52.9 Å². The van der Waals surface area contributed by atoms with Gasteiger partial charge < -0.3 is 9.88 Å². The fraction of sp³-hybridized carbons (Fsp3) is 0.615. The Morgan fingerprint density at radius 2 is 2.14 bits per heavy atom. The van der Waals surface area contributed by atoms with Gasteiger partial charge in [-0.25, -0.2) is 13.2 Å². The lowest BCUT2D eigenvalue weighted by Gasteiger charge is -2.26. The maximum atomic E-state index is 12.4. The molecule has 1 aromatic heterocycles. The largest absolute Gasteiger partial charge is 0.339 e. The van der Waals surface area contributed by atoms with Gasteiger partial charge in [0.1, 0.15) is 0 Å². The third-order valence-corrected chi connectivity index (χ3v) is 5.66. The Bertz CT molecular complexity index is 793. The van der Waals surface area contributed by atoms with Gasteiger partial charge in [-0.2, -0.15) is 0 Å². The molecule has 1 fully saturated rings. The summed E-state index contributed by atoms with van der Waals surface area (Å²) in [5.74, 6) is -0.258. The van der Waals surface area contributed by atoms with E-state index in [1.165, 1.54) is 18.1 Å². The second kappa shape index (κ2) is 6.07. The van der Waals surface area contributed by atoms with Gasteiger partial charge in [-0.05, 0) is 13.3 Å². The molecular weight excluding hydrogens is 310 g/mol. The van der Waals surface area contributed by atoms with Gasteiger partial charge in [0, 0.05) is 31.4 Å². The topological polar surface area (TPSA) is 109 Å². The van der Waals surface area contributed by atoms with Crippen LogP contribution in [0, 0.1) is 0 Å². The summed E-state index contributed by atoms with van der Waals surface area (Å²) in [5.41, 5.74) is -0.881. The number of amides is 1. The van der Waals surface area contributed by atoms with Gasteiger partial charge in [0.25, 0.3) is 5.56 Å². The summed E-state index contributed by atoms with van der Waals surface area (Å²) in [6.07, 6.45) is 1.50. The Hall–Kier alpha value is -1.90. The number of carbonyl (C=O) groups excluding carboxylic acids is 1. The Labute approximate surface area is 127 Å². The second-order valence-corrected chi connectivity index (χ2v) is 7.63. The fourth-order valence-electron chi connectivity index (χ4n) is 2.67. The molecule has 2 rings (SSSR count). The molecule has 0 spiro atoms. The van der Waals surface area contributed by atoms with E-state index < -0.39 is 21.1 Å². The molecule has 0 bridgehead atoms. The number of nitrogens with one attached hydrogen (secondary N) is 1. The van der Waals surface area contributed by atoms with Crippen molar-refractivity contribution < 1.29 is 13.2 Å². The molecule has 122 valence electrons. The summed E-state index contributed by atoms with van der Waals surface area (Å²) in [6, 6.07) is -0.339. The Balaban J connectivity index is 2.19. The molecule has 0 aromatic carbocycles. The molecule has 2 heterocycles. The summed E-state index contributed by atoms with van der Waals surface area (Å²) in [5, 5.41) is 0. The normalized spacial score (nSPS) is 20.0. The first-order chi connectivity index (χ1) is 10.2. The van der Waals surface area contributed by atoms with E-state index in [1.807, 2.05) is 0 Å². The highest BCUT2D eigenvalue weighted by molar-refractivity contribution is 7.91. The number of aromatic amines is 1. The van der Waals surface area contributed by atoms with Crippen LogP contribution in [0.25, 0.3) is 0 Å². The molecule has 0 radical (unpaired) electrons. The highest BCUT2D eigenvalue weighted by Crippen LogP contribution is 2.18. The average molecular weight is 329 g/mol. The maximum Gasteiger partial charge on any atom is 0.328 e. The Morgan fingerprint density at radius 1 is 1.45 bits per heavy atom. The van der Waals surface area contributed by atoms with Crippen LogP contribution < -0.4 is 11.2 Å². The van der Waals surface area contributed by atoms with Gasteiger partial charge in [0.2, 0.25) is 5.91 Å². The van der Waals surface area contributed by atoms with Crippen molar-refractivity contribution >= 4 is 15.7 Å². The SMILES string of the molecule is CCN(C(=O)Cc1c[nH]c(=O)n(C)c1=O)[C@@H]1CCS(=O)(=O)C1. The number of aromatic nitrogens is 2. The van der Waals surface area contributed by atoms with Crippen LogP contribution in [0.3, 0.4) is 0 Å². The lowest BCUT2D eigenvalue weighted by molar-refractivity contribution is -0.132. The van der Waals surface area contributed by atoms with E-state index in [2.05, 4.69) is 4.98 Å². The first kappa shape index (κ1) is 16.5. The summed E-state index contributed by atoms with van der Waals surface area (Å²) in [7, 11) is -1.76. The fourth-order valence-corrected chi connectivity index (χ4v) is 4.40. The summed E-state index contributed by atoms with van der Waals surface area (Å²) >= 11 is 0. The zero-order valence-corrected chi connectivity index (χ0v) is 13.4. The Kier molecular flexibility index (Phi) is 4.55. The molecule has 9 heteroatoms. The quantitative estimate of drug-likeness (QED) is 0.735. The predicted molar refractivity (Wildman–Crippen MR) is 80.5 cm³/mol. The predicted octanol–water partition coefficient (Wildman–Crippen LogP) is -1.35. The van der Waals surface area contributed by atoms with E-state index in [4.69, 9.17) is 0 Å². The van der Waals surface area contributed by atoms with E-state index in [1.54, 1.807) is 6.92 Å². The molecule has 0 saturated carbocycles. The number of hydrogen-bond acceptors (Lipinski definition) is 5. The minimum atomic E-state index is -3.08. The highest BCUT2D eigenvalue weighted by atomic mass is 32.2. The van der Waals surface area contributed by atoms with Gasteiger partial charge in [0.15, 0.2) is 9.84 Å². The van der Waals surface area contributed by atoms with Crippen molar-refractivity contribution in [1.82, 2.24) is 14.5 Å². The van der Waals surface area contributed by atoms with Crippen LogP contribution in [0.2, 0.25) is 0 Å². The lowest BCUT2D eigenvalue weighted by atomic mass is 10.1. The number of likely N-dealkylation sites (N-methyl/N-ethyl adjacent to an activating group) is 1. The van der Waals surface area contributed by atoms with Crippen LogP contribution in [-0.2, 0) is 28.1 Å². The molecule has 8 nitrogen and oxygen atoms in total. The molecular formula is C13H19N3O5S. The zero-order chi connectivity index (χ0) is 16.5. The van der Waals surface area contributed by atoms with Gasteiger partial charge in [-0.3, -0.25) is 14.2 Å². The van der Waals surface area contributed by atoms with E-state index in [-0.39, 0.29) is 35.4 Å². The first-order valence-electron chi connectivity index (χ1n) is 7.02. The third-order valence-electron chi connectivity index (χ3n) is 3.91. The van der Waals surface area contributed by atoms with Gasteiger partial charge in [-0.15, -0.1) is 0 Å². The minimum Gasteiger partial charge on any atom is -0.339 e. The van der Waals surface area contributed by atoms with Crippen LogP contribution in [0.4, 0.5) is 0 Å². The number of nitrogens with zero attached hydrogens (tertiary/aromatic N) is 2. The molecule has 1 aromatic rings. The van der Waals surface area contributed by atoms with Crippen molar-refractivity contribution in [2.75, 3.05) is 18.1 Å². The standard InChI is InChI=1S/C13H19N3O5S/c1-3-16(10-4-5-22(20,21)8-10)11(17)6-9-7-14-13(19)15(2)12(9)18/h7,10H,3-6,8H2,1-2H3,(H,14,19)/t10-/m1/s1. The van der Waals surface area contributed by atoms with Crippen LogP contribution >= 0.6 is 0 Å². The molecule has 22 heavy (non-hydrogen) atoms. The van der Waals surface area contributed by atoms with Crippen LogP contribution in [0.1, 0.15) is 18.9 Å². The smallest absolute Gasteiger partial charge is 0.328 e. The maximum absolute atomic E-state index is 12.4. The monoisotopic (exact) mass is 329 g/mol. The van der Waals surface area contributed by atoms with Crippen molar-refractivity contribution in [3.63, 3.8) is 0 Å². The summed E-state index contributed by atoms with van der Waals surface area (Å²) in [6.45, 7) is 2.15. The highest BCUT2D eigenvalue weighted by Gasteiger charge is 2.34. The molecule has 0 aliphatic carbocycles. The van der Waals surface area contributed by atoms with Gasteiger partial charge in [-0.1, -0.05) is 0 Å². The van der Waals surface area contributed by atoms with Gasteiger partial charge >= 0.3 is 5.69 Å². The second-order valence-electron chi connectivity index (χ2n) is 5.40. The van der Waals surface area contributed by atoms with Crippen molar-refractivity contribution in [1.29, 1.82) is 0 Å². The number of rotatable bonds is 4. The number of sulfone groups is 1. The number of carbonyl (C=O) groups is 1. The van der Waals surface area contributed by atoms with Crippen molar-refractivity contribution in [2.45, 2.75) is 25.8 Å². The molecule has 1 aliphatic rings. The third kappa shape index (κ3) is 3.29. The zero-order valence-electron chi connectivity index (χ0n) is 12.5. The van der Waals surface area contributed by atoms with Crippen LogP contribution in [0.15, 0.2) is 15.8 Å². The van der Waals surface area contributed by atoms with Crippen LogP contribution in [0.5, 0.6) is 0 Å². The van der Waals surface area contributed by atoms with Gasteiger partial charge in [0.05, 0.1) is 17.9 Å². The lowest BCUT2D eigenvalue weighted by Crippen LogP contribution is -2.43. The molecule has 0 unspecified atom stereocenters. The number of hydrogen-bond donors (Lipinski definition) is 1. The average Bonchev–Trinajstić information content (AvgIpc) is 2.80. The molecule has 1 aliphatic heterocycles. The first-order valence-corrected chi connectivity index (χ1v) is 8.84. The molecule has 1 saturated heterocycles. The van der Waals surface area contributed by atoms with E-state index >= 15 is 0 Å². The Morgan fingerprint density at radius 3 is 2.68 bits per heavy atom. The summed E-state index contributed by atoms with van der Waals surface area (Å²) < 4.78 is 24.0. The van der Waals surface area contributed by atoms with E-state index in [0.29, 0.717) is 13.0 Å². The minimum absolute atomic E-state index is 0.0315. The molecule has 1 amide bonds. The number of H-pyrrole nitrogens is 1. The molecule has 1 N–H and O–H groups in total. The van der Waals surface area contributed by atoms with E-state index in [9.17, 15) is 22.8 Å². The van der Waals surface area contributed by atoms with Crippen molar-refractivity contribution in [3.8, 4) is 0 Å². The van der Waals surface area contributed by atoms with E-state index in [0.717, 1.165) is 4.57 Å².